The van der Waals surface area contributed by atoms with Gasteiger partial charge in [0, 0.05) is 34.9 Å². The summed E-state index contributed by atoms with van der Waals surface area (Å²) in [5.41, 5.74) is -6.28. The molecule has 0 aliphatic rings. The van der Waals surface area contributed by atoms with Gasteiger partial charge in [-0.2, -0.15) is 13.2 Å². The topological polar surface area (TPSA) is 128 Å². The minimum Gasteiger partial charge on any atom is -0.456 e. The highest BCUT2D eigenvalue weighted by Crippen LogP contribution is 2.43. The van der Waals surface area contributed by atoms with Gasteiger partial charge in [0.1, 0.15) is 22.1 Å². The number of nitrogens with one attached hydrogen (secondary N) is 2. The lowest BCUT2D eigenvalue weighted by atomic mass is 10.2. The van der Waals surface area contributed by atoms with Gasteiger partial charge in [-0.15, -0.1) is 0 Å². The van der Waals surface area contributed by atoms with Crippen molar-refractivity contribution >= 4 is 54.4 Å². The monoisotopic (exact) mass is 573 g/mol. The number of hydrogen-bond acceptors (Lipinski definition) is 7. The van der Waals surface area contributed by atoms with Crippen molar-refractivity contribution in [3.8, 4) is 11.5 Å². The molecule has 0 atom stereocenters. The zero-order valence-electron chi connectivity index (χ0n) is 17.6. The summed E-state index contributed by atoms with van der Waals surface area (Å²) in [4.78, 5) is 20.3. The number of halogens is 4. The van der Waals surface area contributed by atoms with Crippen LogP contribution in [0.15, 0.2) is 70.0 Å². The Morgan fingerprint density at radius 1 is 1.03 bits per heavy atom. The summed E-state index contributed by atoms with van der Waals surface area (Å²) in [5.74, 6) is -1.10. The number of sulfone groups is 1. The number of carbonyl (C=O) groups excluding carboxylic acids is 1. The molecule has 0 bridgehead atoms. The van der Waals surface area contributed by atoms with E-state index in [2.05, 4.69) is 26.6 Å². The first-order valence-corrected chi connectivity index (χ1v) is 11.8. The molecule has 0 radical (unpaired) electrons. The van der Waals surface area contributed by atoms with E-state index in [4.69, 9.17) is 4.74 Å². The number of hydrogen-bond donors (Lipinski definition) is 2. The molecule has 2 N–H and O–H groups in total. The Labute approximate surface area is 205 Å². The van der Waals surface area contributed by atoms with Crippen LogP contribution in [0.4, 0.5) is 35.9 Å². The van der Waals surface area contributed by atoms with E-state index >= 15 is 0 Å². The van der Waals surface area contributed by atoms with Gasteiger partial charge in [-0.25, -0.2) is 8.42 Å². The van der Waals surface area contributed by atoms with Gasteiger partial charge in [0.05, 0.1) is 4.92 Å². The summed E-state index contributed by atoms with van der Waals surface area (Å²) < 4.78 is 70.4. The van der Waals surface area contributed by atoms with Crippen molar-refractivity contribution in [1.82, 2.24) is 0 Å². The van der Waals surface area contributed by atoms with E-state index in [1.54, 1.807) is 0 Å². The lowest BCUT2D eigenvalue weighted by Crippen LogP contribution is -2.24. The highest BCUT2D eigenvalue weighted by molar-refractivity contribution is 9.10. The van der Waals surface area contributed by atoms with Crippen molar-refractivity contribution in [3.63, 3.8) is 0 Å². The molecule has 1 amide bonds. The van der Waals surface area contributed by atoms with E-state index in [0.717, 1.165) is 6.07 Å². The molecule has 184 valence electrons. The number of alkyl halides is 3. The maximum atomic E-state index is 13.3. The zero-order valence-corrected chi connectivity index (χ0v) is 20.0. The number of anilines is 3. The van der Waals surface area contributed by atoms with Crippen molar-refractivity contribution in [2.24, 2.45) is 0 Å². The second kappa shape index (κ2) is 9.92. The lowest BCUT2D eigenvalue weighted by molar-refractivity contribution is -0.384. The van der Waals surface area contributed by atoms with Crippen LogP contribution in [0.25, 0.3) is 0 Å². The number of nitro benzene ring substituents is 1. The van der Waals surface area contributed by atoms with Crippen molar-refractivity contribution in [3.05, 3.63) is 75.3 Å². The molecule has 0 aliphatic heterocycles. The van der Waals surface area contributed by atoms with Crippen molar-refractivity contribution < 1.29 is 36.0 Å². The largest absolute Gasteiger partial charge is 0.502 e. The Bertz CT molecular complexity index is 1380. The third kappa shape index (κ3) is 6.08. The molecule has 35 heavy (non-hydrogen) atoms. The standard InChI is InChI=1S/C21H15BrF3N3O6S/c1-12(29)26-14-4-6-15(7-5-14)27-17-10-19(34-16-8-2-13(22)3-9-16)20(11-18(17)28(30)31)35(32,33)21(23,24)25/h2-11,27H,1H3,(H,26,29). The van der Waals surface area contributed by atoms with E-state index in [1.807, 2.05) is 0 Å². The summed E-state index contributed by atoms with van der Waals surface area (Å²) in [6.07, 6.45) is 0. The average Bonchev–Trinajstić information content (AvgIpc) is 2.75. The molecule has 0 aromatic heterocycles. The molecule has 3 aromatic carbocycles. The molecular formula is C21H15BrF3N3O6S. The summed E-state index contributed by atoms with van der Waals surface area (Å²) in [7, 11) is -6.00. The summed E-state index contributed by atoms with van der Waals surface area (Å²) >= 11 is 3.19. The number of rotatable bonds is 7. The number of ether oxygens (including phenoxy) is 1. The number of benzene rings is 3. The van der Waals surface area contributed by atoms with Gasteiger partial charge in [-0.1, -0.05) is 15.9 Å². The van der Waals surface area contributed by atoms with Gasteiger partial charge < -0.3 is 15.4 Å². The summed E-state index contributed by atoms with van der Waals surface area (Å²) in [5, 5.41) is 16.8. The third-order valence-corrected chi connectivity index (χ3v) is 6.41. The Morgan fingerprint density at radius 2 is 1.60 bits per heavy atom. The maximum absolute atomic E-state index is 13.3. The van der Waals surface area contributed by atoms with Crippen LogP contribution >= 0.6 is 15.9 Å². The zero-order chi connectivity index (χ0) is 26.0. The first-order valence-electron chi connectivity index (χ1n) is 9.50. The second-order valence-corrected chi connectivity index (χ2v) is 9.79. The SMILES string of the molecule is CC(=O)Nc1ccc(Nc2cc(Oc3ccc(Br)cc3)c(S(=O)(=O)C(F)(F)F)cc2[N+](=O)[O-])cc1. The maximum Gasteiger partial charge on any atom is 0.502 e. The van der Waals surface area contributed by atoms with Crippen LogP contribution < -0.4 is 15.4 Å². The Kier molecular flexibility index (Phi) is 7.36. The van der Waals surface area contributed by atoms with Crippen molar-refractivity contribution in [2.75, 3.05) is 10.6 Å². The molecular weight excluding hydrogens is 559 g/mol. The lowest BCUT2D eigenvalue weighted by Gasteiger charge is -2.16. The molecule has 0 saturated heterocycles. The van der Waals surface area contributed by atoms with Gasteiger partial charge in [0.15, 0.2) is 0 Å². The molecule has 14 heteroatoms. The minimum atomic E-state index is -6.00. The molecule has 3 aromatic rings. The number of nitro groups is 1. The summed E-state index contributed by atoms with van der Waals surface area (Å²) in [6, 6.07) is 12.7. The van der Waals surface area contributed by atoms with E-state index in [1.165, 1.54) is 55.5 Å². The quantitative estimate of drug-likeness (QED) is 0.256. The second-order valence-electron chi connectivity index (χ2n) is 6.96. The van der Waals surface area contributed by atoms with Crippen LogP contribution in [0.5, 0.6) is 11.5 Å². The smallest absolute Gasteiger partial charge is 0.456 e. The van der Waals surface area contributed by atoms with E-state index in [9.17, 15) is 36.5 Å². The number of amides is 1. The summed E-state index contributed by atoms with van der Waals surface area (Å²) in [6.45, 7) is 1.30. The number of nitrogens with zero attached hydrogens (tertiary/aromatic N) is 1. The van der Waals surface area contributed by atoms with Crippen LogP contribution in [0, 0.1) is 10.1 Å². The third-order valence-electron chi connectivity index (χ3n) is 4.38. The van der Waals surface area contributed by atoms with Crippen LogP contribution in [0.3, 0.4) is 0 Å². The highest BCUT2D eigenvalue weighted by Gasteiger charge is 2.49. The van der Waals surface area contributed by atoms with E-state index in [0.29, 0.717) is 16.2 Å². The number of carbonyl (C=O) groups is 1. The van der Waals surface area contributed by atoms with Crippen molar-refractivity contribution in [1.29, 1.82) is 0 Å². The van der Waals surface area contributed by atoms with Gasteiger partial charge >= 0.3 is 5.51 Å². The molecule has 3 rings (SSSR count). The molecule has 0 aliphatic carbocycles. The average molecular weight is 574 g/mol. The highest BCUT2D eigenvalue weighted by atomic mass is 79.9. The predicted molar refractivity (Wildman–Crippen MR) is 125 cm³/mol. The van der Waals surface area contributed by atoms with E-state index < -0.39 is 36.6 Å². The molecule has 0 spiro atoms. The Hall–Kier alpha value is -3.65. The first kappa shape index (κ1) is 26.0. The Morgan fingerprint density at radius 3 is 2.11 bits per heavy atom. The van der Waals surface area contributed by atoms with Crippen LogP contribution in [-0.4, -0.2) is 24.8 Å². The molecule has 9 nitrogen and oxygen atoms in total. The van der Waals surface area contributed by atoms with Crippen molar-refractivity contribution in [2.45, 2.75) is 17.3 Å². The van der Waals surface area contributed by atoms with E-state index in [-0.39, 0.29) is 23.0 Å². The predicted octanol–water partition coefficient (Wildman–Crippen LogP) is 6.15. The fourth-order valence-corrected chi connectivity index (χ4v) is 3.99. The van der Waals surface area contributed by atoms with Gasteiger partial charge in [0.25, 0.3) is 15.5 Å². The van der Waals surface area contributed by atoms with Gasteiger partial charge in [0.2, 0.25) is 5.91 Å². The molecule has 0 fully saturated rings. The first-order chi connectivity index (χ1) is 16.3. The van der Waals surface area contributed by atoms with Gasteiger partial charge in [-0.05, 0) is 48.5 Å². The molecule has 0 saturated carbocycles. The van der Waals surface area contributed by atoms with Gasteiger partial charge in [-0.3, -0.25) is 14.9 Å². The fourth-order valence-electron chi connectivity index (χ4n) is 2.84. The van der Waals surface area contributed by atoms with Crippen LogP contribution in [0.1, 0.15) is 6.92 Å². The normalized spacial score (nSPS) is 11.6. The molecule has 0 unspecified atom stereocenters. The fraction of sp³-hybridized carbons (Fsp3) is 0.0952. The molecule has 0 heterocycles. The van der Waals surface area contributed by atoms with Crippen LogP contribution in [-0.2, 0) is 14.6 Å². The van der Waals surface area contributed by atoms with Crippen LogP contribution in [0.2, 0.25) is 0 Å². The Balaban J connectivity index is 2.13. The minimum absolute atomic E-state index is 0.00807.